The summed E-state index contributed by atoms with van der Waals surface area (Å²) in [5, 5.41) is 3.00. The Morgan fingerprint density at radius 2 is 1.75 bits per heavy atom. The number of ether oxygens (including phenoxy) is 1. The minimum Gasteiger partial charge on any atom is -0.496 e. The van der Waals surface area contributed by atoms with Gasteiger partial charge in [0.05, 0.1) is 19.1 Å². The predicted octanol–water partition coefficient (Wildman–Crippen LogP) is 2.74. The number of hydrogen-bond donors (Lipinski definition) is 1. The third kappa shape index (κ3) is 4.20. The van der Waals surface area contributed by atoms with E-state index in [9.17, 15) is 14.4 Å². The van der Waals surface area contributed by atoms with Crippen LogP contribution in [0.25, 0.3) is 0 Å². The third-order valence-electron chi connectivity index (χ3n) is 6.69. The number of carbonyl (C=O) groups is 3. The number of amides is 3. The summed E-state index contributed by atoms with van der Waals surface area (Å²) in [6, 6.07) is 15.2. The lowest BCUT2D eigenvalue weighted by Crippen LogP contribution is -2.57. The Bertz CT molecular complexity index is 1030. The number of benzene rings is 2. The molecule has 2 aromatic rings. The van der Waals surface area contributed by atoms with E-state index >= 15 is 0 Å². The molecule has 3 amide bonds. The van der Waals surface area contributed by atoms with E-state index in [0.29, 0.717) is 44.6 Å². The average molecular weight is 436 g/mol. The predicted molar refractivity (Wildman–Crippen MR) is 120 cm³/mol. The zero-order valence-electron chi connectivity index (χ0n) is 18.6. The molecule has 0 aliphatic carbocycles. The second-order valence-electron chi connectivity index (χ2n) is 8.54. The summed E-state index contributed by atoms with van der Waals surface area (Å²) in [4.78, 5) is 41.8. The van der Waals surface area contributed by atoms with Gasteiger partial charge in [-0.1, -0.05) is 36.4 Å². The van der Waals surface area contributed by atoms with Gasteiger partial charge in [-0.05, 0) is 30.5 Å². The maximum absolute atomic E-state index is 13.3. The molecule has 32 heavy (non-hydrogen) atoms. The molecular weight excluding hydrogens is 406 g/mol. The van der Waals surface area contributed by atoms with Crippen LogP contribution in [0.15, 0.2) is 48.5 Å². The fourth-order valence-electron chi connectivity index (χ4n) is 4.82. The summed E-state index contributed by atoms with van der Waals surface area (Å²) >= 11 is 0. The van der Waals surface area contributed by atoms with E-state index in [-0.39, 0.29) is 24.1 Å². The van der Waals surface area contributed by atoms with Gasteiger partial charge in [0.25, 0.3) is 5.91 Å². The van der Waals surface area contributed by atoms with Crippen LogP contribution in [0.2, 0.25) is 0 Å². The topological polar surface area (TPSA) is 79.0 Å². The van der Waals surface area contributed by atoms with Gasteiger partial charge >= 0.3 is 0 Å². The Morgan fingerprint density at radius 3 is 2.44 bits per heavy atom. The SMILES string of the molecule is COc1ccccc1CNC(=O)CC1(N2Cc3ccccc3C2=O)CCN(C(C)=O)CC1. The molecule has 0 saturated carbocycles. The first-order valence-corrected chi connectivity index (χ1v) is 11.0. The zero-order valence-corrected chi connectivity index (χ0v) is 18.6. The van der Waals surface area contributed by atoms with Gasteiger partial charge in [-0.2, -0.15) is 0 Å². The van der Waals surface area contributed by atoms with Crippen LogP contribution < -0.4 is 10.1 Å². The van der Waals surface area contributed by atoms with Crippen LogP contribution in [0.1, 0.15) is 47.7 Å². The number of methoxy groups -OCH3 is 1. The smallest absolute Gasteiger partial charge is 0.254 e. The van der Waals surface area contributed by atoms with E-state index in [1.807, 2.05) is 53.4 Å². The highest BCUT2D eigenvalue weighted by molar-refractivity contribution is 5.99. The summed E-state index contributed by atoms with van der Waals surface area (Å²) in [5.41, 5.74) is 1.97. The molecule has 168 valence electrons. The Labute approximate surface area is 188 Å². The van der Waals surface area contributed by atoms with Crippen molar-refractivity contribution in [2.45, 2.75) is 44.8 Å². The fraction of sp³-hybridized carbons (Fsp3) is 0.400. The van der Waals surface area contributed by atoms with Gasteiger partial charge in [-0.15, -0.1) is 0 Å². The van der Waals surface area contributed by atoms with Crippen molar-refractivity contribution < 1.29 is 19.1 Å². The van der Waals surface area contributed by atoms with Crippen LogP contribution in [0, 0.1) is 0 Å². The molecule has 2 heterocycles. The highest BCUT2D eigenvalue weighted by atomic mass is 16.5. The molecule has 1 saturated heterocycles. The fourth-order valence-corrected chi connectivity index (χ4v) is 4.82. The van der Waals surface area contributed by atoms with Gasteiger partial charge in [0.15, 0.2) is 0 Å². The number of piperidine rings is 1. The number of carbonyl (C=O) groups excluding carboxylic acids is 3. The van der Waals surface area contributed by atoms with Crippen molar-refractivity contribution in [1.82, 2.24) is 15.1 Å². The van der Waals surface area contributed by atoms with Crippen LogP contribution in [-0.2, 0) is 22.7 Å². The monoisotopic (exact) mass is 435 g/mol. The molecule has 2 aliphatic rings. The Hall–Kier alpha value is -3.35. The molecule has 2 aliphatic heterocycles. The summed E-state index contributed by atoms with van der Waals surface area (Å²) < 4.78 is 5.37. The molecule has 0 unspecified atom stereocenters. The molecule has 0 spiro atoms. The van der Waals surface area contributed by atoms with Crippen LogP contribution in [0.5, 0.6) is 5.75 Å². The van der Waals surface area contributed by atoms with Crippen LogP contribution in [0.4, 0.5) is 0 Å². The van der Waals surface area contributed by atoms with Gasteiger partial charge < -0.3 is 19.9 Å². The Kier molecular flexibility index (Phi) is 6.17. The first kappa shape index (κ1) is 21.9. The summed E-state index contributed by atoms with van der Waals surface area (Å²) in [7, 11) is 1.61. The van der Waals surface area contributed by atoms with Crippen molar-refractivity contribution in [3.05, 3.63) is 65.2 Å². The van der Waals surface area contributed by atoms with Crippen molar-refractivity contribution >= 4 is 17.7 Å². The molecule has 1 N–H and O–H groups in total. The maximum Gasteiger partial charge on any atom is 0.254 e. The number of hydrogen-bond acceptors (Lipinski definition) is 4. The minimum atomic E-state index is -0.618. The van der Waals surface area contributed by atoms with Crippen molar-refractivity contribution in [3.63, 3.8) is 0 Å². The molecule has 2 aromatic carbocycles. The lowest BCUT2D eigenvalue weighted by molar-refractivity contribution is -0.132. The highest BCUT2D eigenvalue weighted by Crippen LogP contribution is 2.38. The molecule has 0 aromatic heterocycles. The molecule has 0 radical (unpaired) electrons. The van der Waals surface area contributed by atoms with Crippen molar-refractivity contribution in [2.24, 2.45) is 0 Å². The van der Waals surface area contributed by atoms with E-state index in [1.54, 1.807) is 18.9 Å². The van der Waals surface area contributed by atoms with Crippen LogP contribution >= 0.6 is 0 Å². The minimum absolute atomic E-state index is 0.0234. The van der Waals surface area contributed by atoms with Gasteiger partial charge in [-0.3, -0.25) is 14.4 Å². The third-order valence-corrected chi connectivity index (χ3v) is 6.69. The number of nitrogens with zero attached hydrogens (tertiary/aromatic N) is 2. The maximum atomic E-state index is 13.3. The molecule has 4 rings (SSSR count). The van der Waals surface area contributed by atoms with E-state index < -0.39 is 5.54 Å². The zero-order chi connectivity index (χ0) is 22.7. The van der Waals surface area contributed by atoms with Crippen molar-refractivity contribution in [1.29, 1.82) is 0 Å². The van der Waals surface area contributed by atoms with Crippen molar-refractivity contribution in [2.75, 3.05) is 20.2 Å². The summed E-state index contributed by atoms with van der Waals surface area (Å²) in [6.45, 7) is 3.48. The highest BCUT2D eigenvalue weighted by Gasteiger charge is 2.47. The lowest BCUT2D eigenvalue weighted by atomic mass is 9.82. The van der Waals surface area contributed by atoms with E-state index in [1.165, 1.54) is 0 Å². The van der Waals surface area contributed by atoms with E-state index in [2.05, 4.69) is 5.32 Å². The van der Waals surface area contributed by atoms with Crippen LogP contribution in [0.3, 0.4) is 0 Å². The number of fused-ring (bicyclic) bond motifs is 1. The average Bonchev–Trinajstić information content (AvgIpc) is 3.15. The van der Waals surface area contributed by atoms with Gasteiger partial charge in [0.1, 0.15) is 5.75 Å². The van der Waals surface area contributed by atoms with Gasteiger partial charge in [0, 0.05) is 44.2 Å². The summed E-state index contributed by atoms with van der Waals surface area (Å²) in [6.07, 6.45) is 1.36. The molecule has 7 nitrogen and oxygen atoms in total. The quantitative estimate of drug-likeness (QED) is 0.757. The Balaban J connectivity index is 1.52. The van der Waals surface area contributed by atoms with Gasteiger partial charge in [-0.25, -0.2) is 0 Å². The van der Waals surface area contributed by atoms with E-state index in [4.69, 9.17) is 4.74 Å². The second-order valence-corrected chi connectivity index (χ2v) is 8.54. The molecule has 1 fully saturated rings. The molecule has 0 atom stereocenters. The Morgan fingerprint density at radius 1 is 1.06 bits per heavy atom. The molecular formula is C25H29N3O4. The first-order chi connectivity index (χ1) is 15.4. The first-order valence-electron chi connectivity index (χ1n) is 11.0. The normalized spacial score (nSPS) is 17.1. The number of para-hydroxylation sites is 1. The van der Waals surface area contributed by atoms with E-state index in [0.717, 1.165) is 16.9 Å². The van der Waals surface area contributed by atoms with Gasteiger partial charge in [0.2, 0.25) is 11.8 Å². The molecule has 7 heteroatoms. The number of rotatable bonds is 6. The largest absolute Gasteiger partial charge is 0.496 e. The standard InChI is InChI=1S/C25H29N3O4/c1-18(29)27-13-11-25(12-14-27,28-17-20-8-3-5-9-21(20)24(28)31)15-23(30)26-16-19-7-4-6-10-22(19)32-2/h3-10H,11-17H2,1-2H3,(H,26,30). The number of likely N-dealkylation sites (tertiary alicyclic amines) is 1. The summed E-state index contributed by atoms with van der Waals surface area (Å²) in [5.74, 6) is 0.600. The number of nitrogens with one attached hydrogen (secondary N) is 1. The van der Waals surface area contributed by atoms with Crippen molar-refractivity contribution in [3.8, 4) is 5.75 Å². The lowest BCUT2D eigenvalue weighted by Gasteiger charge is -2.47. The molecule has 0 bridgehead atoms. The van der Waals surface area contributed by atoms with Crippen LogP contribution in [-0.4, -0.2) is 53.3 Å². The second kappa shape index (κ2) is 9.02.